The van der Waals surface area contributed by atoms with Crippen molar-refractivity contribution in [2.75, 3.05) is 5.21 Å². The highest BCUT2D eigenvalue weighted by Gasteiger charge is 2.13. The first-order valence-corrected chi connectivity index (χ1v) is 6.35. The van der Waals surface area contributed by atoms with E-state index in [0.717, 1.165) is 5.56 Å². The maximum absolute atomic E-state index is 11.1. The van der Waals surface area contributed by atoms with Crippen LogP contribution in [0.1, 0.15) is 18.5 Å². The maximum Gasteiger partial charge on any atom is 0.226 e. The van der Waals surface area contributed by atoms with Gasteiger partial charge in [-0.3, -0.25) is 0 Å². The van der Waals surface area contributed by atoms with Crippen molar-refractivity contribution in [3.05, 3.63) is 35.9 Å². The van der Waals surface area contributed by atoms with E-state index in [-0.39, 0.29) is 6.04 Å². The predicted octanol–water partition coefficient (Wildman–Crippen LogP) is 1.86. The number of halogens is 1. The molecule has 3 nitrogen and oxygen atoms in total. The number of rotatable bonds is 4. The van der Waals surface area contributed by atoms with E-state index in [9.17, 15) is 8.42 Å². The summed E-state index contributed by atoms with van der Waals surface area (Å²) in [6, 6.07) is 9.08. The second kappa shape index (κ2) is 4.77. The molecule has 1 atom stereocenters. The van der Waals surface area contributed by atoms with E-state index in [4.69, 9.17) is 11.6 Å². The molecule has 0 bridgehead atoms. The van der Waals surface area contributed by atoms with E-state index >= 15 is 0 Å². The van der Waals surface area contributed by atoms with Gasteiger partial charge >= 0.3 is 0 Å². The molecule has 0 spiro atoms. The molecular weight excluding hydrogens is 222 g/mol. The van der Waals surface area contributed by atoms with Gasteiger partial charge in [-0.15, -0.1) is 11.6 Å². The highest BCUT2D eigenvalue weighted by atomic mass is 35.5. The minimum Gasteiger partial charge on any atom is -0.211 e. The van der Waals surface area contributed by atoms with Crippen molar-refractivity contribution < 1.29 is 8.42 Å². The summed E-state index contributed by atoms with van der Waals surface area (Å²) in [6.45, 7) is 1.78. The van der Waals surface area contributed by atoms with Crippen molar-refractivity contribution in [2.45, 2.75) is 13.0 Å². The van der Waals surface area contributed by atoms with Crippen LogP contribution in [0.3, 0.4) is 0 Å². The Kier molecular flexibility index (Phi) is 3.92. The third-order valence-corrected chi connectivity index (χ3v) is 3.66. The van der Waals surface area contributed by atoms with Crippen molar-refractivity contribution in [3.8, 4) is 0 Å². The molecule has 0 saturated heterocycles. The first-order valence-electron chi connectivity index (χ1n) is 4.16. The standard InChI is InChI=1S/C9H12ClNO2S/c1-8(11-14(12,13)7-10)9-5-3-2-4-6-9/h2-6,8,11H,7H2,1H3/t8-/m0/s1. The molecule has 0 amide bonds. The fourth-order valence-electron chi connectivity index (χ4n) is 1.11. The van der Waals surface area contributed by atoms with Crippen molar-refractivity contribution in [1.29, 1.82) is 0 Å². The quantitative estimate of drug-likeness (QED) is 0.807. The van der Waals surface area contributed by atoms with Crippen LogP contribution in [-0.4, -0.2) is 13.6 Å². The van der Waals surface area contributed by atoms with E-state index in [1.807, 2.05) is 30.3 Å². The fraction of sp³-hybridized carbons (Fsp3) is 0.333. The van der Waals surface area contributed by atoms with Gasteiger partial charge in [0.05, 0.1) is 0 Å². The SMILES string of the molecule is C[C@H](NS(=O)(=O)CCl)c1ccccc1. The fourth-order valence-corrected chi connectivity index (χ4v) is 2.04. The van der Waals surface area contributed by atoms with E-state index in [1.165, 1.54) is 0 Å². The van der Waals surface area contributed by atoms with E-state index in [2.05, 4.69) is 4.72 Å². The Morgan fingerprint density at radius 2 is 1.93 bits per heavy atom. The molecule has 0 aromatic heterocycles. The molecule has 0 heterocycles. The number of alkyl halides is 1. The lowest BCUT2D eigenvalue weighted by molar-refractivity contribution is 0.571. The van der Waals surface area contributed by atoms with Gasteiger partial charge in [-0.2, -0.15) is 0 Å². The molecule has 0 fully saturated rings. The summed E-state index contributed by atoms with van der Waals surface area (Å²) in [4.78, 5) is 0. The highest BCUT2D eigenvalue weighted by Crippen LogP contribution is 2.12. The van der Waals surface area contributed by atoms with Crippen LogP contribution in [0.5, 0.6) is 0 Å². The number of hydrogen-bond acceptors (Lipinski definition) is 2. The minimum atomic E-state index is -3.35. The van der Waals surface area contributed by atoms with Gasteiger partial charge in [0.2, 0.25) is 10.0 Å². The Balaban J connectivity index is 2.74. The largest absolute Gasteiger partial charge is 0.226 e. The Morgan fingerprint density at radius 1 is 1.36 bits per heavy atom. The van der Waals surface area contributed by atoms with Crippen LogP contribution in [0.15, 0.2) is 30.3 Å². The van der Waals surface area contributed by atoms with Gasteiger partial charge in [0.25, 0.3) is 0 Å². The van der Waals surface area contributed by atoms with Gasteiger partial charge in [0.1, 0.15) is 5.21 Å². The molecule has 0 radical (unpaired) electrons. The summed E-state index contributed by atoms with van der Waals surface area (Å²) in [5.41, 5.74) is 0.918. The highest BCUT2D eigenvalue weighted by molar-refractivity contribution is 7.90. The Labute approximate surface area is 89.1 Å². The van der Waals surface area contributed by atoms with Crippen LogP contribution in [0.2, 0.25) is 0 Å². The van der Waals surface area contributed by atoms with Crippen LogP contribution in [0.4, 0.5) is 0 Å². The molecule has 0 saturated carbocycles. The van der Waals surface area contributed by atoms with Crippen molar-refractivity contribution in [2.24, 2.45) is 0 Å². The molecule has 1 aromatic carbocycles. The Bertz CT molecular complexity index is 377. The van der Waals surface area contributed by atoms with Crippen LogP contribution < -0.4 is 4.72 Å². The van der Waals surface area contributed by atoms with E-state index in [1.54, 1.807) is 6.92 Å². The van der Waals surface area contributed by atoms with E-state index in [0.29, 0.717) is 0 Å². The molecule has 0 aliphatic rings. The third kappa shape index (κ3) is 3.29. The molecule has 1 rings (SSSR count). The van der Waals surface area contributed by atoms with E-state index < -0.39 is 15.2 Å². The maximum atomic E-state index is 11.1. The number of hydrogen-bond donors (Lipinski definition) is 1. The third-order valence-electron chi connectivity index (χ3n) is 1.80. The van der Waals surface area contributed by atoms with Crippen LogP contribution in [0, 0.1) is 0 Å². The summed E-state index contributed by atoms with van der Waals surface area (Å²) in [7, 11) is -3.35. The van der Waals surface area contributed by atoms with Gasteiger partial charge in [0.15, 0.2) is 0 Å². The summed E-state index contributed by atoms with van der Waals surface area (Å²) in [6.07, 6.45) is 0. The summed E-state index contributed by atoms with van der Waals surface area (Å²) < 4.78 is 24.7. The molecule has 1 N–H and O–H groups in total. The lowest BCUT2D eigenvalue weighted by atomic mass is 10.1. The summed E-state index contributed by atoms with van der Waals surface area (Å²) in [5.74, 6) is 0. The van der Waals surface area contributed by atoms with Crippen LogP contribution in [-0.2, 0) is 10.0 Å². The van der Waals surface area contributed by atoms with Gasteiger partial charge in [-0.25, -0.2) is 13.1 Å². The summed E-state index contributed by atoms with van der Waals surface area (Å²) in [5, 5.41) is -0.413. The normalized spacial score (nSPS) is 13.9. The molecule has 78 valence electrons. The van der Waals surface area contributed by atoms with Crippen molar-refractivity contribution in [1.82, 2.24) is 4.72 Å². The molecule has 5 heteroatoms. The van der Waals surface area contributed by atoms with Gasteiger partial charge in [-0.1, -0.05) is 30.3 Å². The first kappa shape index (κ1) is 11.5. The minimum absolute atomic E-state index is 0.250. The van der Waals surface area contributed by atoms with Gasteiger partial charge < -0.3 is 0 Å². The molecule has 0 aliphatic heterocycles. The number of sulfonamides is 1. The molecular formula is C9H12ClNO2S. The monoisotopic (exact) mass is 233 g/mol. The average molecular weight is 234 g/mol. The topological polar surface area (TPSA) is 46.2 Å². The molecule has 0 aliphatic carbocycles. The first-order chi connectivity index (χ1) is 6.55. The smallest absolute Gasteiger partial charge is 0.211 e. The second-order valence-corrected chi connectivity index (χ2v) is 5.31. The van der Waals surface area contributed by atoms with Gasteiger partial charge in [-0.05, 0) is 12.5 Å². The van der Waals surface area contributed by atoms with Crippen LogP contribution >= 0.6 is 11.6 Å². The Morgan fingerprint density at radius 3 is 2.43 bits per heavy atom. The lowest BCUT2D eigenvalue weighted by Crippen LogP contribution is -2.27. The predicted molar refractivity (Wildman–Crippen MR) is 57.6 cm³/mol. The lowest BCUT2D eigenvalue weighted by Gasteiger charge is -2.12. The summed E-state index contributed by atoms with van der Waals surface area (Å²) >= 11 is 5.27. The number of nitrogens with one attached hydrogen (secondary N) is 1. The molecule has 0 unspecified atom stereocenters. The number of benzene rings is 1. The zero-order valence-electron chi connectivity index (χ0n) is 7.77. The van der Waals surface area contributed by atoms with Crippen molar-refractivity contribution in [3.63, 3.8) is 0 Å². The molecule has 14 heavy (non-hydrogen) atoms. The Hall–Kier alpha value is -0.580. The van der Waals surface area contributed by atoms with Crippen molar-refractivity contribution >= 4 is 21.6 Å². The zero-order valence-corrected chi connectivity index (χ0v) is 9.35. The van der Waals surface area contributed by atoms with Gasteiger partial charge in [0, 0.05) is 6.04 Å². The molecule has 1 aromatic rings. The zero-order chi connectivity index (χ0) is 10.6. The second-order valence-electron chi connectivity index (χ2n) is 2.97. The average Bonchev–Trinajstić information content (AvgIpc) is 2.19. The van der Waals surface area contributed by atoms with Crippen LogP contribution in [0.25, 0.3) is 0 Å².